The van der Waals surface area contributed by atoms with Crippen LogP contribution < -0.4 is 5.56 Å². The van der Waals surface area contributed by atoms with E-state index in [1.807, 2.05) is 6.92 Å². The second-order valence-electron chi connectivity index (χ2n) is 6.06. The quantitative estimate of drug-likeness (QED) is 0.851. The minimum absolute atomic E-state index is 0.0605. The summed E-state index contributed by atoms with van der Waals surface area (Å²) in [6.07, 6.45) is 0.942. The van der Waals surface area contributed by atoms with Crippen molar-refractivity contribution in [2.75, 3.05) is 7.05 Å². The third kappa shape index (κ3) is 3.44. The number of aromatic nitrogens is 2. The second kappa shape index (κ2) is 6.44. The lowest BCUT2D eigenvalue weighted by molar-refractivity contribution is 0.0728. The van der Waals surface area contributed by atoms with Gasteiger partial charge in [0.15, 0.2) is 4.77 Å². The summed E-state index contributed by atoms with van der Waals surface area (Å²) in [5, 5.41) is 0.489. The molecule has 1 heterocycles. The molecule has 1 unspecified atom stereocenters. The van der Waals surface area contributed by atoms with Gasteiger partial charge in [0.1, 0.15) is 0 Å². The summed E-state index contributed by atoms with van der Waals surface area (Å²) in [6, 6.07) is 5.16. The van der Waals surface area contributed by atoms with Gasteiger partial charge < -0.3 is 9.88 Å². The van der Waals surface area contributed by atoms with Gasteiger partial charge >= 0.3 is 0 Å². The average Bonchev–Trinajstić information content (AvgIpc) is 2.44. The van der Waals surface area contributed by atoms with Crippen LogP contribution >= 0.6 is 12.2 Å². The molecule has 0 aliphatic heterocycles. The Balaban J connectivity index is 2.36. The maximum Gasteiger partial charge on any atom is 0.259 e. The summed E-state index contributed by atoms with van der Waals surface area (Å²) in [5.41, 5.74) is 0.866. The lowest BCUT2D eigenvalue weighted by Crippen LogP contribution is -2.35. The molecule has 5 nitrogen and oxygen atoms in total. The third-order valence-electron chi connectivity index (χ3n) is 3.78. The standard InChI is InChI=1S/C16H21N3O2S/c1-9(2)7-10(3)19(4)15(21)11-5-6-12-13(8-11)17-16(22)18-14(12)20/h5-6,8-10H,7H2,1-4H3,(H2,17,18,20,22). The van der Waals surface area contributed by atoms with Crippen LogP contribution in [0.3, 0.4) is 0 Å². The zero-order valence-corrected chi connectivity index (χ0v) is 14.1. The monoisotopic (exact) mass is 319 g/mol. The van der Waals surface area contributed by atoms with Gasteiger partial charge in [-0.05, 0) is 49.7 Å². The molecular weight excluding hydrogens is 298 g/mol. The van der Waals surface area contributed by atoms with Gasteiger partial charge in [-0.1, -0.05) is 13.8 Å². The zero-order valence-electron chi connectivity index (χ0n) is 13.3. The molecule has 6 heteroatoms. The first-order chi connectivity index (χ1) is 10.3. The van der Waals surface area contributed by atoms with Crippen LogP contribution in [0.4, 0.5) is 0 Å². The van der Waals surface area contributed by atoms with Crippen molar-refractivity contribution in [3.8, 4) is 0 Å². The molecule has 0 aliphatic rings. The Bertz CT molecular complexity index is 807. The lowest BCUT2D eigenvalue weighted by Gasteiger charge is -2.26. The highest BCUT2D eigenvalue weighted by atomic mass is 32.1. The van der Waals surface area contributed by atoms with Crippen molar-refractivity contribution >= 4 is 29.0 Å². The summed E-state index contributed by atoms with van der Waals surface area (Å²) in [4.78, 5) is 31.6. The molecule has 118 valence electrons. The molecule has 0 fully saturated rings. The zero-order chi connectivity index (χ0) is 16.4. The molecule has 1 aromatic carbocycles. The number of hydrogen-bond donors (Lipinski definition) is 2. The van der Waals surface area contributed by atoms with E-state index in [4.69, 9.17) is 12.2 Å². The number of carbonyl (C=O) groups excluding carboxylic acids is 1. The largest absolute Gasteiger partial charge is 0.339 e. The lowest BCUT2D eigenvalue weighted by atomic mass is 10.0. The van der Waals surface area contributed by atoms with Crippen LogP contribution in [0.15, 0.2) is 23.0 Å². The number of benzene rings is 1. The van der Waals surface area contributed by atoms with Gasteiger partial charge in [0, 0.05) is 18.7 Å². The number of carbonyl (C=O) groups is 1. The maximum atomic E-state index is 12.6. The van der Waals surface area contributed by atoms with Crippen LogP contribution in [-0.4, -0.2) is 33.9 Å². The Morgan fingerprint density at radius 2 is 1.95 bits per heavy atom. The number of H-pyrrole nitrogens is 2. The van der Waals surface area contributed by atoms with Gasteiger partial charge in [-0.2, -0.15) is 0 Å². The Kier molecular flexibility index (Phi) is 4.81. The third-order valence-corrected chi connectivity index (χ3v) is 3.98. The number of nitrogens with zero attached hydrogens (tertiary/aromatic N) is 1. The van der Waals surface area contributed by atoms with Crippen LogP contribution in [0, 0.1) is 10.7 Å². The van der Waals surface area contributed by atoms with Crippen molar-refractivity contribution in [2.45, 2.75) is 33.2 Å². The van der Waals surface area contributed by atoms with E-state index in [0.717, 1.165) is 6.42 Å². The second-order valence-corrected chi connectivity index (χ2v) is 6.47. The summed E-state index contributed by atoms with van der Waals surface area (Å²) < 4.78 is 0.253. The molecular formula is C16H21N3O2S. The molecule has 0 radical (unpaired) electrons. The van der Waals surface area contributed by atoms with Crippen molar-refractivity contribution in [3.05, 3.63) is 38.9 Å². The molecule has 2 aromatic rings. The number of aromatic amines is 2. The molecule has 0 spiro atoms. The Hall–Kier alpha value is -1.95. The maximum absolute atomic E-state index is 12.6. The van der Waals surface area contributed by atoms with Gasteiger partial charge in [0.05, 0.1) is 10.9 Å². The van der Waals surface area contributed by atoms with Gasteiger partial charge in [0.25, 0.3) is 11.5 Å². The minimum atomic E-state index is -0.251. The number of rotatable bonds is 4. The average molecular weight is 319 g/mol. The topological polar surface area (TPSA) is 69.0 Å². The van der Waals surface area contributed by atoms with Crippen molar-refractivity contribution in [2.24, 2.45) is 5.92 Å². The van der Waals surface area contributed by atoms with E-state index in [9.17, 15) is 9.59 Å². The van der Waals surface area contributed by atoms with E-state index in [-0.39, 0.29) is 22.3 Å². The number of nitrogens with one attached hydrogen (secondary N) is 2. The van der Waals surface area contributed by atoms with E-state index in [1.54, 1.807) is 30.1 Å². The van der Waals surface area contributed by atoms with Crippen molar-refractivity contribution in [1.29, 1.82) is 0 Å². The van der Waals surface area contributed by atoms with Gasteiger partial charge in [0.2, 0.25) is 0 Å². The number of hydrogen-bond acceptors (Lipinski definition) is 3. The van der Waals surface area contributed by atoms with Gasteiger partial charge in [-0.15, -0.1) is 0 Å². The number of fused-ring (bicyclic) bond motifs is 1. The molecule has 1 amide bonds. The van der Waals surface area contributed by atoms with E-state index in [0.29, 0.717) is 22.4 Å². The molecule has 22 heavy (non-hydrogen) atoms. The van der Waals surface area contributed by atoms with E-state index < -0.39 is 0 Å². The predicted octanol–water partition coefficient (Wildman–Crippen LogP) is 3.09. The summed E-state index contributed by atoms with van der Waals surface area (Å²) in [6.45, 7) is 6.31. The van der Waals surface area contributed by atoms with E-state index >= 15 is 0 Å². The highest BCUT2D eigenvalue weighted by molar-refractivity contribution is 7.71. The van der Waals surface area contributed by atoms with E-state index in [1.165, 1.54) is 0 Å². The normalized spacial score (nSPS) is 12.6. The molecule has 2 N–H and O–H groups in total. The molecule has 0 saturated carbocycles. The highest BCUT2D eigenvalue weighted by Gasteiger charge is 2.18. The fraction of sp³-hybridized carbons (Fsp3) is 0.438. The minimum Gasteiger partial charge on any atom is -0.339 e. The highest BCUT2D eigenvalue weighted by Crippen LogP contribution is 2.15. The molecule has 0 bridgehead atoms. The molecule has 1 aromatic heterocycles. The summed E-state index contributed by atoms with van der Waals surface area (Å²) in [7, 11) is 1.81. The Labute approximate surface area is 134 Å². The molecule has 2 rings (SSSR count). The van der Waals surface area contributed by atoms with Crippen molar-refractivity contribution in [3.63, 3.8) is 0 Å². The summed E-state index contributed by atoms with van der Waals surface area (Å²) >= 11 is 4.97. The smallest absolute Gasteiger partial charge is 0.259 e. The first-order valence-electron chi connectivity index (χ1n) is 7.33. The van der Waals surface area contributed by atoms with Gasteiger partial charge in [-0.3, -0.25) is 14.6 Å². The first kappa shape index (κ1) is 16.4. The van der Waals surface area contributed by atoms with Gasteiger partial charge in [-0.25, -0.2) is 0 Å². The molecule has 0 saturated heterocycles. The van der Waals surface area contributed by atoms with E-state index in [2.05, 4.69) is 23.8 Å². The van der Waals surface area contributed by atoms with Crippen molar-refractivity contribution in [1.82, 2.24) is 14.9 Å². The molecule has 1 atom stereocenters. The van der Waals surface area contributed by atoms with Crippen LogP contribution in [0.1, 0.15) is 37.6 Å². The van der Waals surface area contributed by atoms with Crippen molar-refractivity contribution < 1.29 is 4.79 Å². The van der Waals surface area contributed by atoms with Crippen LogP contribution in [0.2, 0.25) is 0 Å². The fourth-order valence-corrected chi connectivity index (χ4v) is 2.75. The Morgan fingerprint density at radius 1 is 1.27 bits per heavy atom. The fourth-order valence-electron chi connectivity index (χ4n) is 2.55. The van der Waals surface area contributed by atoms with Crippen LogP contribution in [0.25, 0.3) is 10.9 Å². The van der Waals surface area contributed by atoms with Crippen LogP contribution in [0.5, 0.6) is 0 Å². The predicted molar refractivity (Wildman–Crippen MR) is 90.8 cm³/mol. The first-order valence-corrected chi connectivity index (χ1v) is 7.74. The number of amides is 1. The molecule has 0 aliphatic carbocycles. The van der Waals surface area contributed by atoms with Crippen LogP contribution in [-0.2, 0) is 0 Å². The SMILES string of the molecule is CC(C)CC(C)N(C)C(=O)c1ccc2c(=O)[nH]c(=S)[nH]c2c1. The summed E-state index contributed by atoms with van der Waals surface area (Å²) in [5.74, 6) is 0.464. The Morgan fingerprint density at radius 3 is 2.59 bits per heavy atom.